The highest BCUT2D eigenvalue weighted by Crippen LogP contribution is 2.05. The molecule has 1 rings (SSSR count). The normalized spacial score (nSPS) is 10.8. The van der Waals surface area contributed by atoms with Gasteiger partial charge in [-0.1, -0.05) is 26.7 Å². The first-order valence-corrected chi connectivity index (χ1v) is 5.31. The minimum absolute atomic E-state index is 0.791. The van der Waals surface area contributed by atoms with E-state index >= 15 is 0 Å². The molecule has 0 spiro atoms. The Morgan fingerprint density at radius 1 is 1.21 bits per heavy atom. The summed E-state index contributed by atoms with van der Waals surface area (Å²) in [5.41, 5.74) is 1.15. The zero-order valence-corrected chi connectivity index (χ0v) is 9.03. The zero-order chi connectivity index (χ0) is 10.2. The van der Waals surface area contributed by atoms with Crippen molar-refractivity contribution in [2.24, 2.45) is 5.92 Å². The van der Waals surface area contributed by atoms with Crippen molar-refractivity contribution in [2.45, 2.75) is 33.2 Å². The van der Waals surface area contributed by atoms with E-state index in [1.807, 2.05) is 12.4 Å². The molecule has 0 atom stereocenters. The van der Waals surface area contributed by atoms with Gasteiger partial charge >= 0.3 is 0 Å². The molecule has 3 heteroatoms. The van der Waals surface area contributed by atoms with Gasteiger partial charge in [-0.2, -0.15) is 0 Å². The van der Waals surface area contributed by atoms with Crippen molar-refractivity contribution in [1.29, 1.82) is 0 Å². The number of rotatable bonds is 6. The molecule has 0 amide bonds. The average molecular weight is 193 g/mol. The van der Waals surface area contributed by atoms with Gasteiger partial charge in [0.15, 0.2) is 0 Å². The van der Waals surface area contributed by atoms with Crippen LogP contribution in [0.3, 0.4) is 0 Å². The number of nitrogens with one attached hydrogen (secondary N) is 1. The summed E-state index contributed by atoms with van der Waals surface area (Å²) in [5.74, 6) is 0.791. The molecule has 0 aromatic carbocycles. The second-order valence-corrected chi connectivity index (χ2v) is 3.56. The van der Waals surface area contributed by atoms with Gasteiger partial charge in [0, 0.05) is 24.5 Å². The van der Waals surface area contributed by atoms with E-state index in [-0.39, 0.29) is 0 Å². The van der Waals surface area contributed by atoms with Crippen molar-refractivity contribution in [3.8, 4) is 0 Å². The molecule has 0 bridgehead atoms. The Morgan fingerprint density at radius 2 is 1.86 bits per heavy atom. The molecule has 0 aliphatic heterocycles. The maximum absolute atomic E-state index is 3.97. The lowest BCUT2D eigenvalue weighted by Crippen LogP contribution is -2.21. The molecule has 0 radical (unpaired) electrons. The van der Waals surface area contributed by atoms with Gasteiger partial charge in [-0.15, -0.1) is 0 Å². The molecular weight excluding hydrogens is 174 g/mol. The minimum Gasteiger partial charge on any atom is -0.312 e. The maximum atomic E-state index is 3.97. The number of hydrogen-bond acceptors (Lipinski definition) is 3. The molecule has 1 aromatic rings. The van der Waals surface area contributed by atoms with E-state index in [4.69, 9.17) is 0 Å². The molecule has 0 aliphatic carbocycles. The van der Waals surface area contributed by atoms with Crippen LogP contribution in [0.4, 0.5) is 0 Å². The number of hydrogen-bond donors (Lipinski definition) is 1. The van der Waals surface area contributed by atoms with E-state index in [1.54, 1.807) is 6.33 Å². The van der Waals surface area contributed by atoms with E-state index in [0.29, 0.717) is 0 Å². The van der Waals surface area contributed by atoms with Crippen molar-refractivity contribution in [1.82, 2.24) is 15.3 Å². The third kappa shape index (κ3) is 3.83. The first kappa shape index (κ1) is 11.1. The predicted molar refractivity (Wildman–Crippen MR) is 57.8 cm³/mol. The van der Waals surface area contributed by atoms with Crippen LogP contribution in [-0.2, 0) is 6.54 Å². The van der Waals surface area contributed by atoms with Crippen molar-refractivity contribution in [3.05, 3.63) is 24.3 Å². The van der Waals surface area contributed by atoms with Crippen LogP contribution in [0.1, 0.15) is 32.3 Å². The monoisotopic (exact) mass is 193 g/mol. The molecular formula is C11H19N3. The fourth-order valence-electron chi connectivity index (χ4n) is 1.42. The molecule has 0 saturated heterocycles. The zero-order valence-electron chi connectivity index (χ0n) is 9.03. The average Bonchev–Trinajstić information content (AvgIpc) is 2.26. The Kier molecular flexibility index (Phi) is 5.15. The second-order valence-electron chi connectivity index (χ2n) is 3.56. The van der Waals surface area contributed by atoms with Crippen LogP contribution in [0.5, 0.6) is 0 Å². The van der Waals surface area contributed by atoms with Gasteiger partial charge in [0.1, 0.15) is 6.33 Å². The standard InChI is InChI=1S/C11H19N3/c1-3-10(4-2)5-12-6-11-7-13-9-14-8-11/h7-10,12H,3-6H2,1-2H3. The minimum atomic E-state index is 0.791. The van der Waals surface area contributed by atoms with Crippen LogP contribution in [0.2, 0.25) is 0 Å². The molecule has 3 nitrogen and oxygen atoms in total. The lowest BCUT2D eigenvalue weighted by Gasteiger charge is -2.12. The van der Waals surface area contributed by atoms with Crippen molar-refractivity contribution in [3.63, 3.8) is 0 Å². The molecule has 1 aromatic heterocycles. The van der Waals surface area contributed by atoms with Crippen molar-refractivity contribution < 1.29 is 0 Å². The van der Waals surface area contributed by atoms with Crippen molar-refractivity contribution in [2.75, 3.05) is 6.54 Å². The molecule has 78 valence electrons. The van der Waals surface area contributed by atoms with E-state index in [0.717, 1.165) is 24.6 Å². The van der Waals surface area contributed by atoms with Gasteiger partial charge in [-0.05, 0) is 12.5 Å². The molecule has 14 heavy (non-hydrogen) atoms. The molecule has 0 fully saturated rings. The first-order valence-electron chi connectivity index (χ1n) is 5.31. The summed E-state index contributed by atoms with van der Waals surface area (Å²) < 4.78 is 0. The summed E-state index contributed by atoms with van der Waals surface area (Å²) in [6, 6.07) is 0. The highest BCUT2D eigenvalue weighted by molar-refractivity contribution is 5.01. The predicted octanol–water partition coefficient (Wildman–Crippen LogP) is 2.00. The number of nitrogens with zero attached hydrogens (tertiary/aromatic N) is 2. The van der Waals surface area contributed by atoms with Gasteiger partial charge in [0.05, 0.1) is 0 Å². The summed E-state index contributed by atoms with van der Waals surface area (Å²) >= 11 is 0. The molecule has 1 N–H and O–H groups in total. The van der Waals surface area contributed by atoms with E-state index in [9.17, 15) is 0 Å². The summed E-state index contributed by atoms with van der Waals surface area (Å²) in [6.45, 7) is 6.43. The van der Waals surface area contributed by atoms with Gasteiger partial charge in [0.2, 0.25) is 0 Å². The quantitative estimate of drug-likeness (QED) is 0.751. The van der Waals surface area contributed by atoms with Gasteiger partial charge in [0.25, 0.3) is 0 Å². The topological polar surface area (TPSA) is 37.8 Å². The third-order valence-electron chi connectivity index (χ3n) is 2.53. The smallest absolute Gasteiger partial charge is 0.115 e. The summed E-state index contributed by atoms with van der Waals surface area (Å²) in [6.07, 6.45) is 7.76. The fourth-order valence-corrected chi connectivity index (χ4v) is 1.42. The molecule has 0 saturated carbocycles. The highest BCUT2D eigenvalue weighted by atomic mass is 14.9. The van der Waals surface area contributed by atoms with E-state index in [1.165, 1.54) is 12.8 Å². The maximum Gasteiger partial charge on any atom is 0.115 e. The molecule has 0 aliphatic rings. The summed E-state index contributed by atoms with van der Waals surface area (Å²) in [4.78, 5) is 7.94. The lowest BCUT2D eigenvalue weighted by atomic mass is 10.0. The van der Waals surface area contributed by atoms with Crippen LogP contribution in [0.15, 0.2) is 18.7 Å². The molecule has 0 unspecified atom stereocenters. The summed E-state index contributed by atoms with van der Waals surface area (Å²) in [7, 11) is 0. The highest BCUT2D eigenvalue weighted by Gasteiger charge is 2.01. The SMILES string of the molecule is CCC(CC)CNCc1cncnc1. The van der Waals surface area contributed by atoms with E-state index in [2.05, 4.69) is 29.1 Å². The first-order chi connectivity index (χ1) is 6.86. The Morgan fingerprint density at radius 3 is 2.43 bits per heavy atom. The van der Waals surface area contributed by atoms with Crippen LogP contribution in [0.25, 0.3) is 0 Å². The van der Waals surface area contributed by atoms with Gasteiger partial charge < -0.3 is 5.32 Å². The van der Waals surface area contributed by atoms with Gasteiger partial charge in [-0.3, -0.25) is 0 Å². The van der Waals surface area contributed by atoms with Crippen LogP contribution >= 0.6 is 0 Å². The Bertz CT molecular complexity index is 232. The van der Waals surface area contributed by atoms with Crippen molar-refractivity contribution >= 4 is 0 Å². The largest absolute Gasteiger partial charge is 0.312 e. The van der Waals surface area contributed by atoms with E-state index < -0.39 is 0 Å². The molecule has 1 heterocycles. The summed E-state index contributed by atoms with van der Waals surface area (Å²) in [5, 5.41) is 3.42. The third-order valence-corrected chi connectivity index (χ3v) is 2.53. The van der Waals surface area contributed by atoms with Crippen LogP contribution in [-0.4, -0.2) is 16.5 Å². The Hall–Kier alpha value is -0.960. The number of aromatic nitrogens is 2. The fraction of sp³-hybridized carbons (Fsp3) is 0.636. The Balaban J connectivity index is 2.21. The second kappa shape index (κ2) is 6.49. The van der Waals surface area contributed by atoms with Gasteiger partial charge in [-0.25, -0.2) is 9.97 Å². The lowest BCUT2D eigenvalue weighted by molar-refractivity contribution is 0.449. The van der Waals surface area contributed by atoms with Crippen LogP contribution in [0, 0.1) is 5.92 Å². The van der Waals surface area contributed by atoms with Crippen LogP contribution < -0.4 is 5.32 Å². The Labute approximate surface area is 86.0 Å².